The molecule has 1 saturated carbocycles. The van der Waals surface area contributed by atoms with E-state index >= 15 is 0 Å². The lowest BCUT2D eigenvalue weighted by molar-refractivity contribution is -0.139. The third-order valence-electron chi connectivity index (χ3n) is 9.61. The minimum atomic E-state index is -2.84. The molecule has 2 aromatic rings. The molecule has 2 aromatic carbocycles. The summed E-state index contributed by atoms with van der Waals surface area (Å²) in [5.41, 5.74) is 1.94. The minimum absolute atomic E-state index is 0. The van der Waals surface area contributed by atoms with Gasteiger partial charge in [-0.15, -0.1) is 12.4 Å². The van der Waals surface area contributed by atoms with E-state index < -0.39 is 6.61 Å². The van der Waals surface area contributed by atoms with Gasteiger partial charge in [-0.05, 0) is 80.3 Å². The second kappa shape index (κ2) is 12.7. The van der Waals surface area contributed by atoms with E-state index in [1.165, 1.54) is 30.5 Å². The molecule has 3 saturated heterocycles. The summed E-state index contributed by atoms with van der Waals surface area (Å²) in [6.45, 7) is 2.74. The molecule has 222 valence electrons. The summed E-state index contributed by atoms with van der Waals surface area (Å²) in [4.78, 5) is 33.0. The smallest absolute Gasteiger partial charge is 0.387 e. The number of benzene rings is 2. The molecule has 9 heteroatoms. The van der Waals surface area contributed by atoms with Crippen LogP contribution in [0.25, 0.3) is 0 Å². The second-order valence-corrected chi connectivity index (χ2v) is 12.3. The topological polar surface area (TPSA) is 53.1 Å². The summed E-state index contributed by atoms with van der Waals surface area (Å²) in [5, 5.41) is 0. The summed E-state index contributed by atoms with van der Waals surface area (Å²) in [6.07, 6.45) is 5.67. The normalized spacial score (nSPS) is 24.2. The first-order valence-electron chi connectivity index (χ1n) is 14.8. The van der Waals surface area contributed by atoms with Gasteiger partial charge in [0, 0.05) is 45.1 Å². The van der Waals surface area contributed by atoms with Gasteiger partial charge in [-0.25, -0.2) is 0 Å². The number of hydrogen-bond acceptors (Lipinski definition) is 4. The number of amides is 2. The zero-order chi connectivity index (χ0) is 27.7. The molecule has 41 heavy (non-hydrogen) atoms. The van der Waals surface area contributed by atoms with Gasteiger partial charge >= 0.3 is 6.61 Å². The molecule has 3 heterocycles. The highest BCUT2D eigenvalue weighted by molar-refractivity contribution is 5.85. The van der Waals surface area contributed by atoms with Crippen LogP contribution in [0, 0.1) is 17.3 Å². The highest BCUT2D eigenvalue weighted by atomic mass is 35.5. The van der Waals surface area contributed by atoms with Crippen LogP contribution in [0.3, 0.4) is 0 Å². The lowest BCUT2D eigenvalue weighted by atomic mass is 9.76. The maximum atomic E-state index is 13.5. The zero-order valence-corrected chi connectivity index (χ0v) is 24.2. The standard InChI is InChI=1S/C32H39F2N3O3.ClH/c33-31(34)40-27-10-8-24(9-11-27)19-36-17-14-32(30(36)39)12-15-35(16-13-32)20-26-21-37(29(38)18-23-6-7-23)22-28(26)25-4-2-1-3-5-25;/h1-5,8-11,23,26,28,31H,6-7,12-22H2;1H/t26-,28+;/m0./s1. The van der Waals surface area contributed by atoms with Crippen LogP contribution in [0.2, 0.25) is 0 Å². The lowest BCUT2D eigenvalue weighted by Crippen LogP contribution is -2.46. The Hall–Kier alpha value is -2.71. The number of hydrogen-bond donors (Lipinski definition) is 0. The second-order valence-electron chi connectivity index (χ2n) is 12.3. The van der Waals surface area contributed by atoms with Gasteiger partial charge in [0.25, 0.3) is 0 Å². The maximum Gasteiger partial charge on any atom is 0.387 e. The molecule has 4 aliphatic rings. The van der Waals surface area contributed by atoms with Crippen LogP contribution >= 0.6 is 12.4 Å². The molecule has 1 aliphatic carbocycles. The highest BCUT2D eigenvalue weighted by Gasteiger charge is 2.48. The molecule has 6 rings (SSSR count). The maximum absolute atomic E-state index is 13.5. The van der Waals surface area contributed by atoms with Crippen molar-refractivity contribution in [1.29, 1.82) is 0 Å². The molecule has 0 unspecified atom stereocenters. The molecule has 0 radical (unpaired) electrons. The fourth-order valence-corrected chi connectivity index (χ4v) is 7.04. The predicted octanol–water partition coefficient (Wildman–Crippen LogP) is 5.57. The number of alkyl halides is 2. The van der Waals surface area contributed by atoms with Gasteiger partial charge < -0.3 is 19.4 Å². The Kier molecular flexibility index (Phi) is 9.19. The van der Waals surface area contributed by atoms with Crippen molar-refractivity contribution >= 4 is 24.2 Å². The van der Waals surface area contributed by atoms with Crippen molar-refractivity contribution < 1.29 is 23.1 Å². The molecule has 0 aromatic heterocycles. The summed E-state index contributed by atoms with van der Waals surface area (Å²) in [5.74, 6) is 2.01. The van der Waals surface area contributed by atoms with E-state index in [4.69, 9.17) is 0 Å². The molecular formula is C32H40ClF2N3O3. The van der Waals surface area contributed by atoms with E-state index in [1.807, 2.05) is 11.0 Å². The van der Waals surface area contributed by atoms with Crippen molar-refractivity contribution in [1.82, 2.24) is 14.7 Å². The number of piperidine rings is 1. The van der Waals surface area contributed by atoms with Crippen LogP contribution in [0.5, 0.6) is 5.75 Å². The minimum Gasteiger partial charge on any atom is -0.435 e. The van der Waals surface area contributed by atoms with Crippen LogP contribution in [-0.2, 0) is 16.1 Å². The molecule has 0 bridgehead atoms. The molecule has 2 atom stereocenters. The van der Waals surface area contributed by atoms with Crippen LogP contribution in [0.15, 0.2) is 54.6 Å². The van der Waals surface area contributed by atoms with Gasteiger partial charge in [0.1, 0.15) is 5.75 Å². The number of carbonyl (C=O) groups is 2. The first kappa shape index (κ1) is 29.8. The van der Waals surface area contributed by atoms with Gasteiger partial charge in [0.2, 0.25) is 11.8 Å². The van der Waals surface area contributed by atoms with Gasteiger partial charge in [0.05, 0.1) is 5.41 Å². The third-order valence-corrected chi connectivity index (χ3v) is 9.61. The van der Waals surface area contributed by atoms with Crippen molar-refractivity contribution in [3.63, 3.8) is 0 Å². The number of carbonyl (C=O) groups excluding carboxylic acids is 2. The van der Waals surface area contributed by atoms with Gasteiger partial charge in [-0.1, -0.05) is 42.5 Å². The Labute approximate surface area is 247 Å². The first-order chi connectivity index (χ1) is 19.4. The molecular weight excluding hydrogens is 548 g/mol. The molecule has 6 nitrogen and oxygen atoms in total. The SMILES string of the molecule is Cl.O=C(CC1CC1)N1C[C@H](CN2CCC3(CC2)CCN(Cc2ccc(OC(F)F)cc2)C3=O)[C@@H](c2ccccc2)C1. The third kappa shape index (κ3) is 6.86. The Morgan fingerprint density at radius 3 is 2.29 bits per heavy atom. The zero-order valence-electron chi connectivity index (χ0n) is 23.4. The molecule has 2 amide bonds. The fourth-order valence-electron chi connectivity index (χ4n) is 7.04. The predicted molar refractivity (Wildman–Crippen MR) is 155 cm³/mol. The van der Waals surface area contributed by atoms with E-state index in [-0.39, 0.29) is 29.5 Å². The Bertz CT molecular complexity index is 1190. The fraction of sp³-hybridized carbons (Fsp3) is 0.562. The van der Waals surface area contributed by atoms with Crippen LogP contribution in [-0.4, -0.2) is 72.4 Å². The van der Waals surface area contributed by atoms with Gasteiger partial charge in [-0.2, -0.15) is 8.78 Å². The average Bonchev–Trinajstić information content (AvgIpc) is 3.60. The van der Waals surface area contributed by atoms with Crippen molar-refractivity contribution in [2.75, 3.05) is 39.3 Å². The number of rotatable bonds is 9. The summed E-state index contributed by atoms with van der Waals surface area (Å²) in [6, 6.07) is 17.2. The Morgan fingerprint density at radius 1 is 0.951 bits per heavy atom. The van der Waals surface area contributed by atoms with Crippen molar-refractivity contribution in [2.45, 2.75) is 57.6 Å². The Morgan fingerprint density at radius 2 is 1.63 bits per heavy atom. The molecule has 0 N–H and O–H groups in total. The van der Waals surface area contributed by atoms with Crippen LogP contribution in [0.1, 0.15) is 55.6 Å². The summed E-state index contributed by atoms with van der Waals surface area (Å²) >= 11 is 0. The monoisotopic (exact) mass is 587 g/mol. The number of nitrogens with zero attached hydrogens (tertiary/aromatic N) is 3. The van der Waals surface area contributed by atoms with Crippen molar-refractivity contribution in [3.05, 3.63) is 65.7 Å². The van der Waals surface area contributed by atoms with Crippen LogP contribution in [0.4, 0.5) is 8.78 Å². The van der Waals surface area contributed by atoms with E-state index in [0.29, 0.717) is 36.6 Å². The number of ether oxygens (including phenoxy) is 1. The first-order valence-corrected chi connectivity index (χ1v) is 14.8. The molecule has 4 fully saturated rings. The van der Waals surface area contributed by atoms with E-state index in [1.54, 1.807) is 12.1 Å². The molecule has 1 spiro atoms. The van der Waals surface area contributed by atoms with E-state index in [9.17, 15) is 18.4 Å². The number of halogens is 3. The molecule has 3 aliphatic heterocycles. The summed E-state index contributed by atoms with van der Waals surface area (Å²) in [7, 11) is 0. The quantitative estimate of drug-likeness (QED) is 0.385. The van der Waals surface area contributed by atoms with Gasteiger partial charge in [-0.3, -0.25) is 9.59 Å². The number of likely N-dealkylation sites (tertiary alicyclic amines) is 3. The van der Waals surface area contributed by atoms with E-state index in [2.05, 4.69) is 38.8 Å². The Balaban J connectivity index is 0.00000337. The van der Waals surface area contributed by atoms with E-state index in [0.717, 1.165) is 64.1 Å². The van der Waals surface area contributed by atoms with Crippen molar-refractivity contribution in [3.8, 4) is 5.75 Å². The lowest BCUT2D eigenvalue weighted by Gasteiger charge is -2.39. The highest BCUT2D eigenvalue weighted by Crippen LogP contribution is 2.43. The largest absolute Gasteiger partial charge is 0.435 e. The van der Waals surface area contributed by atoms with Gasteiger partial charge in [0.15, 0.2) is 0 Å². The summed E-state index contributed by atoms with van der Waals surface area (Å²) < 4.78 is 29.3. The van der Waals surface area contributed by atoms with Crippen molar-refractivity contribution in [2.24, 2.45) is 17.3 Å². The average molecular weight is 588 g/mol. The van der Waals surface area contributed by atoms with Crippen LogP contribution < -0.4 is 4.74 Å².